The maximum absolute atomic E-state index is 14.1. The molecule has 1 aromatic heterocycles. The third kappa shape index (κ3) is 3.56. The van der Waals surface area contributed by atoms with E-state index < -0.39 is 17.7 Å². The monoisotopic (exact) mass is 333 g/mol. The van der Waals surface area contributed by atoms with Crippen molar-refractivity contribution in [1.29, 1.82) is 0 Å². The molecule has 2 aromatic rings. The largest absolute Gasteiger partial charge is 0.487 e. The van der Waals surface area contributed by atoms with E-state index in [9.17, 15) is 14.0 Å². The van der Waals surface area contributed by atoms with Crippen molar-refractivity contribution in [3.8, 4) is 5.75 Å². The van der Waals surface area contributed by atoms with Gasteiger partial charge in [-0.25, -0.2) is 9.18 Å². The molecule has 0 spiro atoms. The predicted molar refractivity (Wildman–Crippen MR) is 82.9 cm³/mol. The highest BCUT2D eigenvalue weighted by Crippen LogP contribution is 2.27. The van der Waals surface area contributed by atoms with Gasteiger partial charge in [0.25, 0.3) is 5.91 Å². The zero-order chi connectivity index (χ0) is 17.1. The molecule has 1 aliphatic rings. The van der Waals surface area contributed by atoms with Gasteiger partial charge in [0, 0.05) is 17.8 Å². The van der Waals surface area contributed by atoms with Crippen molar-refractivity contribution in [2.24, 2.45) is 0 Å². The smallest absolute Gasteiger partial charge is 0.338 e. The number of furan rings is 1. The molecule has 0 unspecified atom stereocenters. The van der Waals surface area contributed by atoms with Gasteiger partial charge >= 0.3 is 5.97 Å². The molecule has 126 valence electrons. The highest BCUT2D eigenvalue weighted by molar-refractivity contribution is 6.03. The highest BCUT2D eigenvalue weighted by atomic mass is 19.1. The normalized spacial score (nSPS) is 14.5. The van der Waals surface area contributed by atoms with Gasteiger partial charge in [0.2, 0.25) is 0 Å². The van der Waals surface area contributed by atoms with E-state index in [4.69, 9.17) is 14.3 Å². The standard InChI is InChI=1S/C17H16FNO5/c18-13-8-11(5-6-14(13)24-12-3-1-2-4-12)19-16(20)15-7-10(9-23-15)17(21)22/h5-9,12H,1-4H2,(H,19,20)(H,21,22). The minimum atomic E-state index is -1.20. The van der Waals surface area contributed by atoms with Crippen LogP contribution in [0.25, 0.3) is 0 Å². The zero-order valence-corrected chi connectivity index (χ0v) is 12.8. The van der Waals surface area contributed by atoms with Gasteiger partial charge in [0.15, 0.2) is 17.3 Å². The number of anilines is 1. The van der Waals surface area contributed by atoms with Crippen LogP contribution in [0.15, 0.2) is 34.9 Å². The predicted octanol–water partition coefficient (Wildman–Crippen LogP) is 3.69. The van der Waals surface area contributed by atoms with Crippen LogP contribution in [0.5, 0.6) is 5.75 Å². The van der Waals surface area contributed by atoms with E-state index in [0.717, 1.165) is 44.1 Å². The molecule has 1 heterocycles. The summed E-state index contributed by atoms with van der Waals surface area (Å²) in [6, 6.07) is 5.25. The molecule has 1 aromatic carbocycles. The first-order valence-corrected chi connectivity index (χ1v) is 7.62. The Bertz CT molecular complexity index is 764. The van der Waals surface area contributed by atoms with Gasteiger partial charge in [-0.15, -0.1) is 0 Å². The number of carbonyl (C=O) groups excluding carboxylic acids is 1. The molecule has 0 saturated heterocycles. The number of aromatic carboxylic acids is 1. The third-order valence-corrected chi connectivity index (χ3v) is 3.86. The van der Waals surface area contributed by atoms with Gasteiger partial charge in [-0.2, -0.15) is 0 Å². The van der Waals surface area contributed by atoms with Crippen molar-refractivity contribution in [1.82, 2.24) is 0 Å². The second-order valence-corrected chi connectivity index (χ2v) is 5.63. The van der Waals surface area contributed by atoms with Crippen LogP contribution < -0.4 is 10.1 Å². The Kier molecular flexibility index (Phi) is 4.50. The number of nitrogens with one attached hydrogen (secondary N) is 1. The van der Waals surface area contributed by atoms with Crippen molar-refractivity contribution in [2.75, 3.05) is 5.32 Å². The van der Waals surface area contributed by atoms with Crippen LogP contribution in [-0.2, 0) is 0 Å². The molecule has 24 heavy (non-hydrogen) atoms. The van der Waals surface area contributed by atoms with Crippen molar-refractivity contribution in [3.05, 3.63) is 47.7 Å². The molecule has 1 saturated carbocycles. The Morgan fingerprint density at radius 1 is 1.25 bits per heavy atom. The fraction of sp³-hybridized carbons (Fsp3) is 0.294. The maximum atomic E-state index is 14.1. The molecule has 0 bridgehead atoms. The Labute approximate surface area is 137 Å². The first-order chi connectivity index (χ1) is 11.5. The number of hydrogen-bond donors (Lipinski definition) is 2. The maximum Gasteiger partial charge on any atom is 0.338 e. The van der Waals surface area contributed by atoms with Crippen LogP contribution >= 0.6 is 0 Å². The summed E-state index contributed by atoms with van der Waals surface area (Å²) in [4.78, 5) is 22.7. The summed E-state index contributed by atoms with van der Waals surface area (Å²) in [7, 11) is 0. The topological polar surface area (TPSA) is 88.8 Å². The highest BCUT2D eigenvalue weighted by Gasteiger charge is 2.19. The summed E-state index contributed by atoms with van der Waals surface area (Å²) < 4.78 is 24.6. The second kappa shape index (κ2) is 6.74. The van der Waals surface area contributed by atoms with Crippen LogP contribution in [0.4, 0.5) is 10.1 Å². The fourth-order valence-corrected chi connectivity index (χ4v) is 2.62. The Balaban J connectivity index is 1.67. The number of hydrogen-bond acceptors (Lipinski definition) is 4. The molecule has 2 N–H and O–H groups in total. The van der Waals surface area contributed by atoms with Crippen molar-refractivity contribution in [2.45, 2.75) is 31.8 Å². The lowest BCUT2D eigenvalue weighted by Gasteiger charge is -2.14. The van der Waals surface area contributed by atoms with Crippen molar-refractivity contribution < 1.29 is 28.2 Å². The fourth-order valence-electron chi connectivity index (χ4n) is 2.62. The molecular weight excluding hydrogens is 317 g/mol. The van der Waals surface area contributed by atoms with Gasteiger partial charge < -0.3 is 19.6 Å². The Hall–Kier alpha value is -2.83. The van der Waals surface area contributed by atoms with E-state index in [2.05, 4.69) is 5.32 Å². The number of ether oxygens (including phenoxy) is 1. The summed E-state index contributed by atoms with van der Waals surface area (Å²) in [6.07, 6.45) is 5.02. The minimum absolute atomic E-state index is 0.0394. The summed E-state index contributed by atoms with van der Waals surface area (Å²) in [5, 5.41) is 11.2. The number of rotatable bonds is 5. The Morgan fingerprint density at radius 2 is 2.00 bits per heavy atom. The zero-order valence-electron chi connectivity index (χ0n) is 12.8. The number of carbonyl (C=O) groups is 2. The molecular formula is C17H16FNO5. The van der Waals surface area contributed by atoms with Crippen LogP contribution in [0.2, 0.25) is 0 Å². The molecule has 1 amide bonds. The SMILES string of the molecule is O=C(O)c1coc(C(=O)Nc2ccc(OC3CCCC3)c(F)c2)c1. The number of amides is 1. The quantitative estimate of drug-likeness (QED) is 0.871. The van der Waals surface area contributed by atoms with Gasteiger partial charge in [-0.1, -0.05) is 0 Å². The number of halogens is 1. The van der Waals surface area contributed by atoms with E-state index >= 15 is 0 Å². The van der Waals surface area contributed by atoms with Crippen LogP contribution in [0.3, 0.4) is 0 Å². The number of carboxylic acid groups (broad SMARTS) is 1. The number of carboxylic acids is 1. The second-order valence-electron chi connectivity index (χ2n) is 5.63. The molecule has 3 rings (SSSR count). The van der Waals surface area contributed by atoms with Crippen LogP contribution in [0.1, 0.15) is 46.6 Å². The minimum Gasteiger partial charge on any atom is -0.487 e. The summed E-state index contributed by atoms with van der Waals surface area (Å²) >= 11 is 0. The first kappa shape index (κ1) is 16.0. The van der Waals surface area contributed by atoms with Gasteiger partial charge in [0.1, 0.15) is 6.26 Å². The lowest BCUT2D eigenvalue weighted by atomic mass is 10.2. The third-order valence-electron chi connectivity index (χ3n) is 3.86. The van der Waals surface area contributed by atoms with Crippen molar-refractivity contribution in [3.63, 3.8) is 0 Å². The molecule has 1 fully saturated rings. The Morgan fingerprint density at radius 3 is 2.62 bits per heavy atom. The molecule has 0 atom stereocenters. The molecule has 6 nitrogen and oxygen atoms in total. The molecule has 1 aliphatic carbocycles. The average molecular weight is 333 g/mol. The lowest BCUT2D eigenvalue weighted by Crippen LogP contribution is -2.13. The van der Waals surface area contributed by atoms with Gasteiger partial charge in [-0.05, 0) is 37.8 Å². The number of benzene rings is 1. The van der Waals surface area contributed by atoms with Crippen LogP contribution in [-0.4, -0.2) is 23.1 Å². The average Bonchev–Trinajstić information content (AvgIpc) is 3.21. The molecule has 0 radical (unpaired) electrons. The molecule has 0 aliphatic heterocycles. The summed E-state index contributed by atoms with van der Waals surface area (Å²) in [5.74, 6) is -2.43. The van der Waals surface area contributed by atoms with Crippen LogP contribution in [0, 0.1) is 5.82 Å². The summed E-state index contributed by atoms with van der Waals surface area (Å²) in [5.41, 5.74) is 0.0937. The van der Waals surface area contributed by atoms with E-state index in [0.29, 0.717) is 0 Å². The summed E-state index contributed by atoms with van der Waals surface area (Å²) in [6.45, 7) is 0. The van der Waals surface area contributed by atoms with E-state index in [1.807, 2.05) is 0 Å². The van der Waals surface area contributed by atoms with Crippen molar-refractivity contribution >= 4 is 17.6 Å². The van der Waals surface area contributed by atoms with E-state index in [-0.39, 0.29) is 28.9 Å². The van der Waals surface area contributed by atoms with Gasteiger partial charge in [0.05, 0.1) is 11.7 Å². The van der Waals surface area contributed by atoms with Gasteiger partial charge in [-0.3, -0.25) is 4.79 Å². The first-order valence-electron chi connectivity index (χ1n) is 7.62. The van der Waals surface area contributed by atoms with E-state index in [1.54, 1.807) is 0 Å². The molecule has 7 heteroatoms. The lowest BCUT2D eigenvalue weighted by molar-refractivity contribution is 0.0696. The van der Waals surface area contributed by atoms with E-state index in [1.165, 1.54) is 12.1 Å².